The number of rotatable bonds is 2. The van der Waals surface area contributed by atoms with Gasteiger partial charge >= 0.3 is 5.97 Å². The van der Waals surface area contributed by atoms with Gasteiger partial charge in [-0.2, -0.15) is 0 Å². The SMILES string of the molecule is O=C(O)CC#CCc1ccc(Cl)cc1Cl. The zero-order chi connectivity index (χ0) is 11.3. The first-order valence-electron chi connectivity index (χ1n) is 4.21. The van der Waals surface area contributed by atoms with Gasteiger partial charge in [0.15, 0.2) is 0 Å². The van der Waals surface area contributed by atoms with Gasteiger partial charge in [-0.15, -0.1) is 0 Å². The van der Waals surface area contributed by atoms with Crippen LogP contribution >= 0.6 is 23.2 Å². The van der Waals surface area contributed by atoms with Crippen molar-refractivity contribution >= 4 is 29.2 Å². The first-order valence-corrected chi connectivity index (χ1v) is 4.96. The summed E-state index contributed by atoms with van der Waals surface area (Å²) in [6.45, 7) is 0. The number of benzene rings is 1. The van der Waals surface area contributed by atoms with E-state index in [0.29, 0.717) is 16.5 Å². The molecule has 0 bridgehead atoms. The van der Waals surface area contributed by atoms with Crippen molar-refractivity contribution in [1.29, 1.82) is 0 Å². The van der Waals surface area contributed by atoms with Crippen molar-refractivity contribution < 1.29 is 9.90 Å². The number of aliphatic carboxylic acids is 1. The molecule has 1 aromatic carbocycles. The standard InChI is InChI=1S/C11H8Cl2O2/c12-9-6-5-8(10(13)7-9)3-1-2-4-11(14)15/h5-7H,3-4H2,(H,14,15). The Morgan fingerprint density at radius 1 is 1.33 bits per heavy atom. The molecule has 0 saturated carbocycles. The van der Waals surface area contributed by atoms with Crippen molar-refractivity contribution in [3.8, 4) is 11.8 Å². The van der Waals surface area contributed by atoms with E-state index < -0.39 is 5.97 Å². The van der Waals surface area contributed by atoms with Gasteiger partial charge in [0, 0.05) is 16.5 Å². The zero-order valence-electron chi connectivity index (χ0n) is 7.76. The van der Waals surface area contributed by atoms with Crippen LogP contribution in [0, 0.1) is 11.8 Å². The molecule has 0 spiro atoms. The van der Waals surface area contributed by atoms with Gasteiger partial charge in [-0.25, -0.2) is 0 Å². The maximum absolute atomic E-state index is 10.2. The monoisotopic (exact) mass is 242 g/mol. The minimum Gasteiger partial charge on any atom is -0.481 e. The lowest BCUT2D eigenvalue weighted by molar-refractivity contribution is -0.135. The summed E-state index contributed by atoms with van der Waals surface area (Å²) in [7, 11) is 0. The maximum atomic E-state index is 10.2. The molecular formula is C11H8Cl2O2. The lowest BCUT2D eigenvalue weighted by Crippen LogP contribution is -1.90. The molecule has 0 saturated heterocycles. The maximum Gasteiger partial charge on any atom is 0.315 e. The quantitative estimate of drug-likeness (QED) is 0.810. The Labute approximate surface area is 97.8 Å². The van der Waals surface area contributed by atoms with Crippen LogP contribution in [0.15, 0.2) is 18.2 Å². The van der Waals surface area contributed by atoms with Gasteiger partial charge in [-0.3, -0.25) is 4.79 Å². The van der Waals surface area contributed by atoms with Gasteiger partial charge in [0.1, 0.15) is 6.42 Å². The first-order chi connectivity index (χ1) is 7.09. The van der Waals surface area contributed by atoms with Crippen LogP contribution in [0.2, 0.25) is 10.0 Å². The Morgan fingerprint density at radius 3 is 2.67 bits per heavy atom. The van der Waals surface area contributed by atoms with E-state index in [9.17, 15) is 4.79 Å². The summed E-state index contributed by atoms with van der Waals surface area (Å²) in [6, 6.07) is 5.14. The van der Waals surface area contributed by atoms with Crippen LogP contribution in [0.5, 0.6) is 0 Å². The van der Waals surface area contributed by atoms with Crippen LogP contribution < -0.4 is 0 Å². The third-order valence-electron chi connectivity index (χ3n) is 1.66. The summed E-state index contributed by atoms with van der Waals surface area (Å²) in [6.07, 6.45) is 0.286. The fraction of sp³-hybridized carbons (Fsp3) is 0.182. The summed E-state index contributed by atoms with van der Waals surface area (Å²) in [5.74, 6) is 4.34. The topological polar surface area (TPSA) is 37.3 Å². The van der Waals surface area contributed by atoms with Crippen molar-refractivity contribution in [3.63, 3.8) is 0 Å². The van der Waals surface area contributed by atoms with E-state index >= 15 is 0 Å². The molecule has 1 rings (SSSR count). The van der Waals surface area contributed by atoms with E-state index in [1.165, 1.54) is 0 Å². The highest BCUT2D eigenvalue weighted by Gasteiger charge is 1.98. The van der Waals surface area contributed by atoms with E-state index in [-0.39, 0.29) is 6.42 Å². The third-order valence-corrected chi connectivity index (χ3v) is 2.25. The normalized spacial score (nSPS) is 9.20. The molecule has 0 aromatic heterocycles. The summed E-state index contributed by atoms with van der Waals surface area (Å²) < 4.78 is 0. The van der Waals surface area contributed by atoms with Crippen molar-refractivity contribution in [1.82, 2.24) is 0 Å². The van der Waals surface area contributed by atoms with E-state index in [4.69, 9.17) is 28.3 Å². The van der Waals surface area contributed by atoms with Crippen molar-refractivity contribution in [2.75, 3.05) is 0 Å². The van der Waals surface area contributed by atoms with Crippen LogP contribution in [-0.4, -0.2) is 11.1 Å². The molecule has 0 aliphatic heterocycles. The van der Waals surface area contributed by atoms with Crippen molar-refractivity contribution in [3.05, 3.63) is 33.8 Å². The fourth-order valence-corrected chi connectivity index (χ4v) is 1.44. The second kappa shape index (κ2) is 5.65. The molecule has 2 nitrogen and oxygen atoms in total. The van der Waals surface area contributed by atoms with Crippen LogP contribution in [0.25, 0.3) is 0 Å². The number of hydrogen-bond acceptors (Lipinski definition) is 1. The molecule has 0 atom stereocenters. The van der Waals surface area contributed by atoms with Crippen molar-refractivity contribution in [2.45, 2.75) is 12.8 Å². The molecule has 15 heavy (non-hydrogen) atoms. The highest BCUT2D eigenvalue weighted by molar-refractivity contribution is 6.35. The van der Waals surface area contributed by atoms with Crippen LogP contribution in [0.4, 0.5) is 0 Å². The molecule has 0 unspecified atom stereocenters. The Bertz CT molecular complexity index is 430. The lowest BCUT2D eigenvalue weighted by Gasteiger charge is -1.99. The van der Waals surface area contributed by atoms with Gasteiger partial charge in [0.25, 0.3) is 0 Å². The predicted molar refractivity (Wildman–Crippen MR) is 60.2 cm³/mol. The smallest absolute Gasteiger partial charge is 0.315 e. The Balaban J connectivity index is 2.64. The van der Waals surface area contributed by atoms with Crippen LogP contribution in [-0.2, 0) is 11.2 Å². The molecule has 0 heterocycles. The summed E-state index contributed by atoms with van der Waals surface area (Å²) in [5, 5.41) is 9.48. The first kappa shape index (κ1) is 11.9. The molecule has 0 aliphatic rings. The molecular weight excluding hydrogens is 235 g/mol. The van der Waals surface area contributed by atoms with E-state index in [1.807, 2.05) is 0 Å². The van der Waals surface area contributed by atoms with Gasteiger partial charge in [0.2, 0.25) is 0 Å². The van der Waals surface area contributed by atoms with E-state index in [1.54, 1.807) is 18.2 Å². The Morgan fingerprint density at radius 2 is 2.07 bits per heavy atom. The molecule has 0 amide bonds. The Hall–Kier alpha value is -1.17. The summed E-state index contributed by atoms with van der Waals surface area (Å²) in [4.78, 5) is 10.2. The van der Waals surface area contributed by atoms with Gasteiger partial charge in [-0.05, 0) is 17.7 Å². The molecule has 1 N–H and O–H groups in total. The number of hydrogen-bond donors (Lipinski definition) is 1. The predicted octanol–water partition coefficient (Wildman–Crippen LogP) is 3.01. The molecule has 0 fully saturated rings. The van der Waals surface area contributed by atoms with Crippen LogP contribution in [0.3, 0.4) is 0 Å². The summed E-state index contributed by atoms with van der Waals surface area (Å²) in [5.41, 5.74) is 0.846. The van der Waals surface area contributed by atoms with Gasteiger partial charge in [0.05, 0.1) is 0 Å². The molecule has 4 heteroatoms. The average molecular weight is 243 g/mol. The second-order valence-corrected chi connectivity index (χ2v) is 3.68. The molecule has 0 radical (unpaired) electrons. The van der Waals surface area contributed by atoms with E-state index in [0.717, 1.165) is 5.56 Å². The number of halogens is 2. The highest BCUT2D eigenvalue weighted by atomic mass is 35.5. The Kier molecular flexibility index (Phi) is 4.48. The fourth-order valence-electron chi connectivity index (χ4n) is 0.961. The minimum absolute atomic E-state index is 0.148. The molecule has 1 aromatic rings. The zero-order valence-corrected chi connectivity index (χ0v) is 9.27. The number of carboxylic acids is 1. The highest BCUT2D eigenvalue weighted by Crippen LogP contribution is 2.20. The van der Waals surface area contributed by atoms with Crippen LogP contribution in [0.1, 0.15) is 12.0 Å². The van der Waals surface area contributed by atoms with Crippen molar-refractivity contribution in [2.24, 2.45) is 0 Å². The van der Waals surface area contributed by atoms with Gasteiger partial charge in [-0.1, -0.05) is 41.1 Å². The summed E-state index contributed by atoms with van der Waals surface area (Å²) >= 11 is 11.6. The third kappa shape index (κ3) is 4.24. The minimum atomic E-state index is -0.926. The number of carbonyl (C=O) groups is 1. The second-order valence-electron chi connectivity index (χ2n) is 2.84. The lowest BCUT2D eigenvalue weighted by atomic mass is 10.1. The van der Waals surface area contributed by atoms with Gasteiger partial charge < -0.3 is 5.11 Å². The molecule has 78 valence electrons. The largest absolute Gasteiger partial charge is 0.481 e. The molecule has 0 aliphatic carbocycles. The number of carboxylic acid groups (broad SMARTS) is 1. The average Bonchev–Trinajstić information content (AvgIpc) is 2.14. The van der Waals surface area contributed by atoms with E-state index in [2.05, 4.69) is 11.8 Å².